The molecule has 0 radical (unpaired) electrons. The van der Waals surface area contributed by atoms with Gasteiger partial charge >= 0.3 is 0 Å². The molecule has 20 heavy (non-hydrogen) atoms. The molecule has 0 saturated heterocycles. The molecular weight excluding hydrogens is 482 g/mol. The van der Waals surface area contributed by atoms with Crippen LogP contribution in [-0.4, -0.2) is 18.5 Å². The van der Waals surface area contributed by atoms with Crippen LogP contribution in [0.5, 0.6) is 5.75 Å². The molecule has 0 fully saturated rings. The third-order valence-corrected chi connectivity index (χ3v) is 4.66. The van der Waals surface area contributed by atoms with Crippen molar-refractivity contribution in [2.24, 2.45) is 0 Å². The molecule has 1 aromatic rings. The van der Waals surface area contributed by atoms with E-state index in [9.17, 15) is 4.79 Å². The van der Waals surface area contributed by atoms with Crippen LogP contribution in [0.15, 0.2) is 39.7 Å². The molecule has 0 N–H and O–H groups in total. The highest BCUT2D eigenvalue weighted by molar-refractivity contribution is 14.1. The molecule has 0 heterocycles. The molecule has 5 heteroatoms. The third kappa shape index (κ3) is 3.43. The number of carbonyl (C=O) groups excluding carboxylic acids is 1. The van der Waals surface area contributed by atoms with Gasteiger partial charge < -0.3 is 9.47 Å². The van der Waals surface area contributed by atoms with E-state index < -0.39 is 5.60 Å². The zero-order valence-electron chi connectivity index (χ0n) is 11.4. The highest BCUT2D eigenvalue weighted by atomic mass is 127. The number of hydrogen-bond acceptors (Lipinski definition) is 3. The van der Waals surface area contributed by atoms with E-state index in [1.54, 1.807) is 19.3 Å². The highest BCUT2D eigenvalue weighted by Gasteiger charge is 2.31. The number of allylic oxidation sites excluding steroid dienone is 1. The Bertz CT molecular complexity index is 620. The number of hydrogen-bond donors (Lipinski definition) is 0. The van der Waals surface area contributed by atoms with Crippen molar-refractivity contribution in [2.45, 2.75) is 19.4 Å². The van der Waals surface area contributed by atoms with Crippen LogP contribution in [0.3, 0.4) is 0 Å². The van der Waals surface area contributed by atoms with E-state index in [4.69, 9.17) is 9.47 Å². The van der Waals surface area contributed by atoms with Crippen molar-refractivity contribution >= 4 is 51.0 Å². The van der Waals surface area contributed by atoms with E-state index >= 15 is 0 Å². The lowest BCUT2D eigenvalue weighted by Crippen LogP contribution is -2.29. The molecule has 1 atom stereocenters. The van der Waals surface area contributed by atoms with Gasteiger partial charge in [-0.1, -0.05) is 6.07 Å². The topological polar surface area (TPSA) is 35.5 Å². The van der Waals surface area contributed by atoms with Gasteiger partial charge in [-0.15, -0.1) is 0 Å². The van der Waals surface area contributed by atoms with Crippen molar-refractivity contribution in [3.05, 3.63) is 48.8 Å². The van der Waals surface area contributed by atoms with Gasteiger partial charge in [0.2, 0.25) is 5.78 Å². The van der Waals surface area contributed by atoms with E-state index in [1.807, 2.05) is 54.6 Å². The molecule has 0 bridgehead atoms. The average molecular weight is 496 g/mol. The Balaban J connectivity index is 2.34. The Morgan fingerprint density at radius 2 is 1.90 bits per heavy atom. The van der Waals surface area contributed by atoms with E-state index in [0.29, 0.717) is 15.1 Å². The first kappa shape index (κ1) is 16.0. The van der Waals surface area contributed by atoms with E-state index in [-0.39, 0.29) is 5.78 Å². The van der Waals surface area contributed by atoms with Crippen LogP contribution in [0.4, 0.5) is 0 Å². The molecule has 0 aromatic heterocycles. The minimum Gasteiger partial charge on any atom is -0.452 e. The molecule has 106 valence electrons. The van der Waals surface area contributed by atoms with Crippen LogP contribution >= 0.6 is 45.2 Å². The van der Waals surface area contributed by atoms with Crippen molar-refractivity contribution in [1.29, 1.82) is 0 Å². The largest absolute Gasteiger partial charge is 0.452 e. The van der Waals surface area contributed by atoms with E-state index in [0.717, 1.165) is 9.13 Å². The molecule has 1 aliphatic rings. The minimum absolute atomic E-state index is 0.114. The number of aryl methyl sites for hydroxylation is 1. The summed E-state index contributed by atoms with van der Waals surface area (Å²) >= 11 is 4.21. The molecule has 3 nitrogen and oxygen atoms in total. The lowest BCUT2D eigenvalue weighted by molar-refractivity contribution is -0.114. The van der Waals surface area contributed by atoms with Crippen molar-refractivity contribution in [3.63, 3.8) is 0 Å². The van der Waals surface area contributed by atoms with Crippen molar-refractivity contribution < 1.29 is 14.3 Å². The van der Waals surface area contributed by atoms with Gasteiger partial charge in [0.1, 0.15) is 11.4 Å². The Kier molecular flexibility index (Phi) is 4.91. The van der Waals surface area contributed by atoms with E-state index in [2.05, 4.69) is 22.6 Å². The summed E-state index contributed by atoms with van der Waals surface area (Å²) in [6.07, 6.45) is 3.51. The molecule has 0 aliphatic heterocycles. The number of ketones is 1. The Labute approximate surface area is 145 Å². The normalized spacial score (nSPS) is 22.4. The maximum absolute atomic E-state index is 12.2. The van der Waals surface area contributed by atoms with Crippen molar-refractivity contribution in [2.75, 3.05) is 7.11 Å². The van der Waals surface area contributed by atoms with Gasteiger partial charge in [-0.2, -0.15) is 0 Å². The van der Waals surface area contributed by atoms with Crippen LogP contribution in [0.1, 0.15) is 12.5 Å². The summed E-state index contributed by atoms with van der Waals surface area (Å²) in [5.41, 5.74) is 0.539. The monoisotopic (exact) mass is 496 g/mol. The van der Waals surface area contributed by atoms with Crippen LogP contribution in [0, 0.1) is 10.5 Å². The van der Waals surface area contributed by atoms with Crippen LogP contribution < -0.4 is 4.74 Å². The third-order valence-electron chi connectivity index (χ3n) is 3.02. The zero-order chi connectivity index (χ0) is 14.9. The smallest absolute Gasteiger partial charge is 0.233 e. The minimum atomic E-state index is -0.615. The first-order valence-electron chi connectivity index (χ1n) is 6.00. The number of methoxy groups -OCH3 is 1. The van der Waals surface area contributed by atoms with Gasteiger partial charge in [0.05, 0.1) is 7.15 Å². The predicted octanol–water partition coefficient (Wildman–Crippen LogP) is 4.17. The Morgan fingerprint density at radius 1 is 1.20 bits per heavy atom. The molecular formula is C15H14I2O3. The number of Topliss-reactive ketones (excluding diaryl/α,β-unsaturated/α-hetero) is 1. The fourth-order valence-corrected chi connectivity index (χ4v) is 3.47. The van der Waals surface area contributed by atoms with Gasteiger partial charge in [-0.05, 0) is 88.9 Å². The summed E-state index contributed by atoms with van der Waals surface area (Å²) in [6.45, 7) is 3.91. The van der Waals surface area contributed by atoms with Crippen LogP contribution in [-0.2, 0) is 9.53 Å². The Hall–Kier alpha value is -0.410. The quantitative estimate of drug-likeness (QED) is 0.590. The second-order valence-corrected chi connectivity index (χ2v) is 7.08. The second-order valence-electron chi connectivity index (χ2n) is 4.75. The molecule has 1 unspecified atom stereocenters. The van der Waals surface area contributed by atoms with Crippen LogP contribution in [0.2, 0.25) is 0 Å². The lowest BCUT2D eigenvalue weighted by atomic mass is 9.98. The fourth-order valence-electron chi connectivity index (χ4n) is 1.80. The number of rotatable bonds is 3. The van der Waals surface area contributed by atoms with Gasteiger partial charge in [0.25, 0.3) is 0 Å². The fraction of sp³-hybridized carbons (Fsp3) is 0.267. The molecule has 0 amide bonds. The summed E-state index contributed by atoms with van der Waals surface area (Å²) in [5.74, 6) is 0.875. The zero-order valence-corrected chi connectivity index (χ0v) is 15.7. The highest BCUT2D eigenvalue weighted by Crippen LogP contribution is 2.31. The van der Waals surface area contributed by atoms with Crippen molar-refractivity contribution in [1.82, 2.24) is 0 Å². The molecule has 0 spiro atoms. The SMILES string of the molecule is COC1(C)C=C(I)C(=O)C(Oc2ccc(C)cc2I)=C1. The summed E-state index contributed by atoms with van der Waals surface area (Å²) < 4.78 is 12.8. The molecule has 1 aliphatic carbocycles. The summed E-state index contributed by atoms with van der Waals surface area (Å²) in [7, 11) is 1.61. The molecule has 2 rings (SSSR count). The second kappa shape index (κ2) is 6.15. The number of halogens is 2. The predicted molar refractivity (Wildman–Crippen MR) is 95.1 cm³/mol. The van der Waals surface area contributed by atoms with Crippen LogP contribution in [0.25, 0.3) is 0 Å². The number of ether oxygens (including phenoxy) is 2. The maximum Gasteiger partial charge on any atom is 0.233 e. The lowest BCUT2D eigenvalue weighted by Gasteiger charge is -2.26. The molecule has 0 saturated carbocycles. The number of benzene rings is 1. The first-order chi connectivity index (χ1) is 9.34. The summed E-state index contributed by atoms with van der Waals surface area (Å²) in [4.78, 5) is 12.2. The maximum atomic E-state index is 12.2. The standard InChI is InChI=1S/C15H14I2O3/c1-9-4-5-12(10(16)6-9)20-13-8-15(2,19-3)7-11(17)14(13)18/h4-8H,1-3H3. The van der Waals surface area contributed by atoms with Gasteiger partial charge in [0.15, 0.2) is 5.76 Å². The first-order valence-corrected chi connectivity index (χ1v) is 8.15. The van der Waals surface area contributed by atoms with Gasteiger partial charge in [0, 0.05) is 7.11 Å². The average Bonchev–Trinajstić information content (AvgIpc) is 2.38. The molecule has 1 aromatic carbocycles. The summed E-state index contributed by atoms with van der Waals surface area (Å²) in [5, 5.41) is 0. The number of carbonyl (C=O) groups is 1. The van der Waals surface area contributed by atoms with E-state index in [1.165, 1.54) is 0 Å². The van der Waals surface area contributed by atoms with Gasteiger partial charge in [-0.25, -0.2) is 0 Å². The Morgan fingerprint density at radius 3 is 2.50 bits per heavy atom. The summed E-state index contributed by atoms with van der Waals surface area (Å²) in [6, 6.07) is 5.85. The van der Waals surface area contributed by atoms with Crippen molar-refractivity contribution in [3.8, 4) is 5.75 Å². The van der Waals surface area contributed by atoms with Gasteiger partial charge in [-0.3, -0.25) is 4.79 Å².